The van der Waals surface area contributed by atoms with E-state index in [4.69, 9.17) is 15.2 Å². The van der Waals surface area contributed by atoms with Crippen molar-refractivity contribution in [2.24, 2.45) is 5.73 Å². The van der Waals surface area contributed by atoms with Gasteiger partial charge >= 0.3 is 0 Å². The molecule has 0 aromatic heterocycles. The Morgan fingerprint density at radius 1 is 1.32 bits per heavy atom. The van der Waals surface area contributed by atoms with Crippen LogP contribution in [0, 0.1) is 0 Å². The number of nitrogens with zero attached hydrogens (tertiary/aromatic N) is 1. The Balaban J connectivity index is 1.77. The van der Waals surface area contributed by atoms with Crippen LogP contribution in [0.25, 0.3) is 0 Å². The van der Waals surface area contributed by atoms with Crippen molar-refractivity contribution in [1.29, 1.82) is 0 Å². The predicted molar refractivity (Wildman–Crippen MR) is 70.1 cm³/mol. The van der Waals surface area contributed by atoms with Crippen molar-refractivity contribution < 1.29 is 14.3 Å². The van der Waals surface area contributed by atoms with Gasteiger partial charge in [0.25, 0.3) is 5.91 Å². The van der Waals surface area contributed by atoms with Crippen LogP contribution in [0.15, 0.2) is 24.3 Å². The van der Waals surface area contributed by atoms with E-state index in [0.717, 1.165) is 6.42 Å². The van der Waals surface area contributed by atoms with Crippen molar-refractivity contribution in [3.63, 3.8) is 0 Å². The number of carbonyl (C=O) groups is 1. The molecule has 1 fully saturated rings. The molecule has 19 heavy (non-hydrogen) atoms. The Labute approximate surface area is 112 Å². The maximum atomic E-state index is 12.4. The number of fused-ring (bicyclic) bond motifs is 1. The van der Waals surface area contributed by atoms with E-state index in [-0.39, 0.29) is 18.1 Å². The fourth-order valence-corrected chi connectivity index (χ4v) is 2.56. The highest BCUT2D eigenvalue weighted by Gasteiger charge is 2.38. The number of ether oxygens (including phenoxy) is 2. The molecule has 1 aromatic rings. The lowest BCUT2D eigenvalue weighted by atomic mass is 10.1. The quantitative estimate of drug-likeness (QED) is 0.812. The van der Waals surface area contributed by atoms with Gasteiger partial charge in [-0.3, -0.25) is 4.79 Å². The van der Waals surface area contributed by atoms with E-state index in [1.807, 2.05) is 31.2 Å². The lowest BCUT2D eigenvalue weighted by molar-refractivity contribution is -0.143. The van der Waals surface area contributed by atoms with Crippen molar-refractivity contribution in [3.8, 4) is 11.5 Å². The van der Waals surface area contributed by atoms with Gasteiger partial charge in [0, 0.05) is 19.1 Å². The van der Waals surface area contributed by atoms with Gasteiger partial charge in [-0.25, -0.2) is 0 Å². The van der Waals surface area contributed by atoms with Gasteiger partial charge in [-0.2, -0.15) is 0 Å². The monoisotopic (exact) mass is 262 g/mol. The molecule has 0 aliphatic carbocycles. The Kier molecular flexibility index (Phi) is 3.06. The highest BCUT2D eigenvalue weighted by Crippen LogP contribution is 2.34. The van der Waals surface area contributed by atoms with E-state index in [9.17, 15) is 4.79 Å². The summed E-state index contributed by atoms with van der Waals surface area (Å²) in [4.78, 5) is 14.2. The molecule has 1 amide bonds. The molecular weight excluding hydrogens is 244 g/mol. The fraction of sp³-hybridized carbons (Fsp3) is 0.500. The molecule has 2 unspecified atom stereocenters. The number of amides is 1. The third-order valence-corrected chi connectivity index (χ3v) is 3.62. The second kappa shape index (κ2) is 4.74. The van der Waals surface area contributed by atoms with Gasteiger partial charge in [0.15, 0.2) is 11.5 Å². The van der Waals surface area contributed by atoms with Crippen molar-refractivity contribution in [2.75, 3.05) is 13.1 Å². The highest BCUT2D eigenvalue weighted by atomic mass is 16.6. The third-order valence-electron chi connectivity index (χ3n) is 3.62. The second-order valence-electron chi connectivity index (χ2n) is 5.14. The Morgan fingerprint density at radius 3 is 2.63 bits per heavy atom. The van der Waals surface area contributed by atoms with E-state index >= 15 is 0 Å². The molecule has 3 atom stereocenters. The van der Waals surface area contributed by atoms with Crippen LogP contribution in [-0.2, 0) is 4.79 Å². The minimum Gasteiger partial charge on any atom is -0.482 e. The van der Waals surface area contributed by atoms with Gasteiger partial charge < -0.3 is 20.1 Å². The van der Waals surface area contributed by atoms with Gasteiger partial charge in [0.2, 0.25) is 6.10 Å². The largest absolute Gasteiger partial charge is 0.482 e. The molecule has 0 bridgehead atoms. The minimum atomic E-state index is -0.583. The molecular formula is C14H18N2O3. The van der Waals surface area contributed by atoms with Gasteiger partial charge in [0.05, 0.1) is 0 Å². The summed E-state index contributed by atoms with van der Waals surface area (Å²) in [5.41, 5.74) is 5.84. The van der Waals surface area contributed by atoms with Crippen LogP contribution >= 0.6 is 0 Å². The Hall–Kier alpha value is -1.75. The number of hydrogen-bond donors (Lipinski definition) is 1. The third kappa shape index (κ3) is 2.26. The molecule has 5 heteroatoms. The molecule has 1 aromatic carbocycles. The molecule has 1 saturated heterocycles. The van der Waals surface area contributed by atoms with Gasteiger partial charge in [-0.15, -0.1) is 0 Å². The van der Waals surface area contributed by atoms with Crippen molar-refractivity contribution >= 4 is 5.91 Å². The summed E-state index contributed by atoms with van der Waals surface area (Å²) in [5, 5.41) is 0. The minimum absolute atomic E-state index is 0.0325. The number of likely N-dealkylation sites (tertiary alicyclic amines) is 1. The molecule has 2 heterocycles. The standard InChI is InChI=1S/C14H18N2O3/c1-9-13(14(17)16-7-6-10(15)8-16)19-12-5-3-2-4-11(12)18-9/h2-5,9-10,13H,6-8,15H2,1H3/t9?,10-,13?/m1/s1. The summed E-state index contributed by atoms with van der Waals surface area (Å²) < 4.78 is 11.5. The van der Waals surface area contributed by atoms with Gasteiger partial charge in [-0.1, -0.05) is 12.1 Å². The van der Waals surface area contributed by atoms with E-state index in [1.165, 1.54) is 0 Å². The number of carbonyl (C=O) groups excluding carboxylic acids is 1. The number of hydrogen-bond acceptors (Lipinski definition) is 4. The Bertz CT molecular complexity index is 491. The van der Waals surface area contributed by atoms with E-state index in [2.05, 4.69) is 0 Å². The lowest BCUT2D eigenvalue weighted by Crippen LogP contribution is -2.50. The van der Waals surface area contributed by atoms with Crippen LogP contribution in [0.5, 0.6) is 11.5 Å². The molecule has 5 nitrogen and oxygen atoms in total. The molecule has 3 rings (SSSR count). The summed E-state index contributed by atoms with van der Waals surface area (Å²) in [7, 11) is 0. The molecule has 2 aliphatic rings. The summed E-state index contributed by atoms with van der Waals surface area (Å²) in [5.74, 6) is 1.29. The zero-order chi connectivity index (χ0) is 13.4. The highest BCUT2D eigenvalue weighted by molar-refractivity contribution is 5.82. The van der Waals surface area contributed by atoms with Crippen LogP contribution in [0.3, 0.4) is 0 Å². The number of nitrogens with two attached hydrogens (primary N) is 1. The molecule has 2 N–H and O–H groups in total. The average molecular weight is 262 g/mol. The molecule has 0 saturated carbocycles. The average Bonchev–Trinajstić information content (AvgIpc) is 2.84. The van der Waals surface area contributed by atoms with Crippen LogP contribution in [0.4, 0.5) is 0 Å². The van der Waals surface area contributed by atoms with Gasteiger partial charge in [0.1, 0.15) is 6.10 Å². The van der Waals surface area contributed by atoms with E-state index < -0.39 is 6.10 Å². The first-order chi connectivity index (χ1) is 9.15. The number of rotatable bonds is 1. The summed E-state index contributed by atoms with van der Waals surface area (Å²) in [6, 6.07) is 7.49. The topological polar surface area (TPSA) is 64.8 Å². The molecule has 2 aliphatic heterocycles. The van der Waals surface area contributed by atoms with Crippen molar-refractivity contribution in [3.05, 3.63) is 24.3 Å². The zero-order valence-corrected chi connectivity index (χ0v) is 10.9. The van der Waals surface area contributed by atoms with Crippen LogP contribution in [0.2, 0.25) is 0 Å². The second-order valence-corrected chi connectivity index (χ2v) is 5.14. The van der Waals surface area contributed by atoms with Crippen LogP contribution < -0.4 is 15.2 Å². The van der Waals surface area contributed by atoms with E-state index in [1.54, 1.807) is 4.90 Å². The maximum absolute atomic E-state index is 12.4. The van der Waals surface area contributed by atoms with Crippen molar-refractivity contribution in [2.45, 2.75) is 31.6 Å². The smallest absolute Gasteiger partial charge is 0.267 e. The summed E-state index contributed by atoms with van der Waals surface area (Å²) in [6.45, 7) is 3.16. The summed E-state index contributed by atoms with van der Waals surface area (Å²) >= 11 is 0. The fourth-order valence-electron chi connectivity index (χ4n) is 2.56. The van der Waals surface area contributed by atoms with Crippen molar-refractivity contribution in [1.82, 2.24) is 4.90 Å². The molecule has 0 radical (unpaired) electrons. The first-order valence-electron chi connectivity index (χ1n) is 6.62. The molecule has 102 valence electrons. The van der Waals surface area contributed by atoms with Crippen LogP contribution in [-0.4, -0.2) is 42.1 Å². The normalized spacial score (nSPS) is 29.4. The van der Waals surface area contributed by atoms with Crippen LogP contribution in [0.1, 0.15) is 13.3 Å². The predicted octanol–water partition coefficient (Wildman–Crippen LogP) is 0.775. The lowest BCUT2D eigenvalue weighted by Gasteiger charge is -2.33. The molecule has 0 spiro atoms. The SMILES string of the molecule is CC1Oc2ccccc2OC1C(=O)N1CC[C@@H](N)C1. The van der Waals surface area contributed by atoms with E-state index in [0.29, 0.717) is 24.6 Å². The Morgan fingerprint density at radius 2 is 2.00 bits per heavy atom. The number of para-hydroxylation sites is 2. The maximum Gasteiger partial charge on any atom is 0.267 e. The number of benzene rings is 1. The first kappa shape index (κ1) is 12.3. The summed E-state index contributed by atoms with van der Waals surface area (Å²) in [6.07, 6.45) is -0.0241. The first-order valence-corrected chi connectivity index (χ1v) is 6.62. The zero-order valence-electron chi connectivity index (χ0n) is 10.9. The van der Waals surface area contributed by atoms with Gasteiger partial charge in [-0.05, 0) is 25.5 Å².